The second-order valence-electron chi connectivity index (χ2n) is 8.87. The Labute approximate surface area is 253 Å². The van der Waals surface area contributed by atoms with Crippen molar-refractivity contribution in [3.63, 3.8) is 0 Å². The minimum absolute atomic E-state index is 0.261. The maximum Gasteiger partial charge on any atom is 0.175 e. The number of ether oxygens (including phenoxy) is 2. The van der Waals surface area contributed by atoms with Crippen LogP contribution in [0.15, 0.2) is 75.8 Å². The number of unbranched alkanes of at least 4 members (excludes halogenated alkanes) is 3. The van der Waals surface area contributed by atoms with E-state index < -0.39 is 9.84 Å². The molecule has 10 heteroatoms. The summed E-state index contributed by atoms with van der Waals surface area (Å²) in [4.78, 5) is 2.38. The van der Waals surface area contributed by atoms with Crippen molar-refractivity contribution in [3.8, 4) is 11.5 Å². The van der Waals surface area contributed by atoms with Gasteiger partial charge in [-0.2, -0.15) is 10.2 Å². The van der Waals surface area contributed by atoms with Crippen LogP contribution < -0.4 is 14.4 Å². The number of benzene rings is 3. The topological polar surface area (TPSA) is 80.6 Å². The third-order valence-electron chi connectivity index (χ3n) is 5.76. The van der Waals surface area contributed by atoms with Crippen LogP contribution in [0.3, 0.4) is 0 Å². The van der Waals surface area contributed by atoms with Crippen LogP contribution in [-0.2, 0) is 9.84 Å². The molecule has 204 valence electrons. The Bertz CT molecular complexity index is 1320. The van der Waals surface area contributed by atoms with E-state index in [2.05, 4.69) is 73.3 Å². The third-order valence-corrected chi connectivity index (χ3v) is 8.58. The molecule has 38 heavy (non-hydrogen) atoms. The number of rotatable bonds is 14. The monoisotopic (exact) mass is 761 g/mol. The highest BCUT2D eigenvalue weighted by molar-refractivity contribution is 14.1. The summed E-state index contributed by atoms with van der Waals surface area (Å²) in [5, 5.41) is 8.44. The standard InChI is InChI=1S/C28H33I2N3O4S/c1-4-5-6-7-17-36-27-19-26(30)28(20-25(27)29)37-18-16-33(2)23-12-8-21(9-13-23)31-32-22-10-14-24(15-11-22)38(3,34)35/h8-15,19-20H,4-7,16-18H2,1-3H3. The van der Waals surface area contributed by atoms with Crippen LogP contribution in [0, 0.1) is 7.14 Å². The summed E-state index contributed by atoms with van der Waals surface area (Å²) in [6.45, 7) is 4.22. The Balaban J connectivity index is 1.49. The first-order valence-corrected chi connectivity index (χ1v) is 16.5. The Hall–Kier alpha value is -1.93. The molecule has 0 unspecified atom stereocenters. The van der Waals surface area contributed by atoms with Gasteiger partial charge in [-0.15, -0.1) is 0 Å². The molecule has 7 nitrogen and oxygen atoms in total. The molecule has 0 N–H and O–H groups in total. The van der Waals surface area contributed by atoms with Gasteiger partial charge in [0.15, 0.2) is 9.84 Å². The number of hydrogen-bond donors (Lipinski definition) is 0. The molecule has 0 heterocycles. The molecule has 0 aliphatic rings. The molecule has 0 bridgehead atoms. The smallest absolute Gasteiger partial charge is 0.175 e. The number of likely N-dealkylation sites (N-methyl/N-ethyl adjacent to an activating group) is 1. The number of nitrogens with zero attached hydrogens (tertiary/aromatic N) is 3. The van der Waals surface area contributed by atoms with Gasteiger partial charge in [-0.3, -0.25) is 0 Å². The number of sulfone groups is 1. The van der Waals surface area contributed by atoms with Crippen LogP contribution in [0.2, 0.25) is 0 Å². The lowest BCUT2D eigenvalue weighted by molar-refractivity contribution is 0.299. The number of hydrogen-bond acceptors (Lipinski definition) is 7. The minimum atomic E-state index is -3.23. The van der Waals surface area contributed by atoms with Crippen molar-refractivity contribution in [1.29, 1.82) is 0 Å². The number of azo groups is 1. The molecule has 0 saturated heterocycles. The highest BCUT2D eigenvalue weighted by atomic mass is 127. The Morgan fingerprint density at radius 3 is 1.84 bits per heavy atom. The van der Waals surface area contributed by atoms with Gasteiger partial charge in [0, 0.05) is 19.0 Å². The van der Waals surface area contributed by atoms with Crippen molar-refractivity contribution in [1.82, 2.24) is 0 Å². The molecule has 0 fully saturated rings. The molecule has 0 aliphatic carbocycles. The Morgan fingerprint density at radius 1 is 0.789 bits per heavy atom. The van der Waals surface area contributed by atoms with Crippen LogP contribution in [0.4, 0.5) is 17.1 Å². The summed E-state index contributed by atoms with van der Waals surface area (Å²) in [6, 6.07) is 18.2. The Morgan fingerprint density at radius 2 is 1.32 bits per heavy atom. The predicted octanol–water partition coefficient (Wildman–Crippen LogP) is 8.19. The summed E-state index contributed by atoms with van der Waals surface area (Å²) >= 11 is 4.60. The summed E-state index contributed by atoms with van der Waals surface area (Å²) in [5.74, 6) is 1.78. The van der Waals surface area contributed by atoms with Crippen molar-refractivity contribution >= 4 is 72.1 Å². The van der Waals surface area contributed by atoms with Crippen molar-refractivity contribution < 1.29 is 17.9 Å². The summed E-state index contributed by atoms with van der Waals surface area (Å²) in [5.41, 5.74) is 2.34. The normalized spacial score (nSPS) is 11.6. The molecule has 0 aliphatic heterocycles. The molecule has 0 spiro atoms. The van der Waals surface area contributed by atoms with Crippen LogP contribution in [0.5, 0.6) is 11.5 Å². The fraction of sp³-hybridized carbons (Fsp3) is 0.357. The first-order valence-electron chi connectivity index (χ1n) is 12.4. The molecular weight excluding hydrogens is 728 g/mol. The fourth-order valence-electron chi connectivity index (χ4n) is 3.51. The largest absolute Gasteiger partial charge is 0.492 e. The molecule has 0 radical (unpaired) electrons. The summed E-state index contributed by atoms with van der Waals surface area (Å²) in [7, 11) is -1.20. The molecule has 3 aromatic rings. The highest BCUT2D eigenvalue weighted by Gasteiger charge is 2.10. The fourth-order valence-corrected chi connectivity index (χ4v) is 5.33. The SMILES string of the molecule is CCCCCCOc1cc(I)c(OCCN(C)c2ccc(N=Nc3ccc(S(C)(=O)=O)cc3)cc2)cc1I. The molecule has 3 rings (SSSR count). The lowest BCUT2D eigenvalue weighted by atomic mass is 10.2. The zero-order valence-electron chi connectivity index (χ0n) is 21.9. The first kappa shape index (κ1) is 30.6. The molecular formula is C28H33I2N3O4S. The van der Waals surface area contributed by atoms with Crippen molar-refractivity contribution in [2.24, 2.45) is 10.2 Å². The van der Waals surface area contributed by atoms with Gasteiger partial charge < -0.3 is 14.4 Å². The molecule has 3 aromatic carbocycles. The molecule has 0 amide bonds. The predicted molar refractivity (Wildman–Crippen MR) is 170 cm³/mol. The quantitative estimate of drug-likeness (QED) is 0.0941. The van der Waals surface area contributed by atoms with E-state index >= 15 is 0 Å². The first-order chi connectivity index (χ1) is 18.2. The van der Waals surface area contributed by atoms with E-state index in [1.165, 1.54) is 37.7 Å². The summed E-state index contributed by atoms with van der Waals surface area (Å²) < 4.78 is 37.3. The van der Waals surface area contributed by atoms with Gasteiger partial charge in [-0.05, 0) is 112 Å². The third kappa shape index (κ3) is 9.67. The lowest BCUT2D eigenvalue weighted by Gasteiger charge is -2.20. The minimum Gasteiger partial charge on any atom is -0.492 e. The van der Waals surface area contributed by atoms with Gasteiger partial charge in [-0.1, -0.05) is 26.2 Å². The van der Waals surface area contributed by atoms with Crippen LogP contribution in [0.25, 0.3) is 0 Å². The number of anilines is 1. The van der Waals surface area contributed by atoms with E-state index in [4.69, 9.17) is 9.47 Å². The van der Waals surface area contributed by atoms with Crippen molar-refractivity contribution in [3.05, 3.63) is 67.8 Å². The van der Waals surface area contributed by atoms with Gasteiger partial charge in [0.05, 0.1) is 36.6 Å². The zero-order chi connectivity index (χ0) is 27.5. The molecule has 0 atom stereocenters. The second-order valence-corrected chi connectivity index (χ2v) is 13.2. The van der Waals surface area contributed by atoms with E-state index in [0.29, 0.717) is 18.0 Å². The van der Waals surface area contributed by atoms with Gasteiger partial charge in [-0.25, -0.2) is 8.42 Å². The van der Waals surface area contributed by atoms with Gasteiger partial charge in [0.2, 0.25) is 0 Å². The van der Waals surface area contributed by atoms with E-state index in [1.54, 1.807) is 12.1 Å². The van der Waals surface area contributed by atoms with E-state index in [9.17, 15) is 8.42 Å². The van der Waals surface area contributed by atoms with Crippen LogP contribution in [0.1, 0.15) is 32.6 Å². The van der Waals surface area contributed by atoms with E-state index in [1.807, 2.05) is 37.4 Å². The molecule has 0 aromatic heterocycles. The molecule has 0 saturated carbocycles. The van der Waals surface area contributed by atoms with Crippen molar-refractivity contribution in [2.75, 3.05) is 38.0 Å². The lowest BCUT2D eigenvalue weighted by Crippen LogP contribution is -2.23. The highest BCUT2D eigenvalue weighted by Crippen LogP contribution is 2.31. The number of halogens is 2. The maximum absolute atomic E-state index is 11.6. The zero-order valence-corrected chi connectivity index (χ0v) is 27.0. The van der Waals surface area contributed by atoms with Gasteiger partial charge in [0.25, 0.3) is 0 Å². The average Bonchev–Trinajstić information content (AvgIpc) is 2.89. The Kier molecular flexibility index (Phi) is 12.1. The van der Waals surface area contributed by atoms with Gasteiger partial charge in [0.1, 0.15) is 18.1 Å². The summed E-state index contributed by atoms with van der Waals surface area (Å²) in [6.07, 6.45) is 5.94. The second kappa shape index (κ2) is 15.0. The van der Waals surface area contributed by atoms with Crippen molar-refractivity contribution in [2.45, 2.75) is 37.5 Å². The average molecular weight is 761 g/mol. The van der Waals surface area contributed by atoms with Crippen LogP contribution in [-0.4, -0.2) is 41.5 Å². The van der Waals surface area contributed by atoms with Crippen LogP contribution >= 0.6 is 45.2 Å². The van der Waals surface area contributed by atoms with Gasteiger partial charge >= 0.3 is 0 Å². The van der Waals surface area contributed by atoms with E-state index in [0.717, 1.165) is 43.9 Å². The maximum atomic E-state index is 11.6. The van der Waals surface area contributed by atoms with E-state index in [-0.39, 0.29) is 4.90 Å².